The Morgan fingerprint density at radius 3 is 2.68 bits per heavy atom. The van der Waals surface area contributed by atoms with Crippen molar-refractivity contribution in [2.45, 2.75) is 49.8 Å². The number of unbranched alkanes of at least 4 members (excludes halogenated alkanes) is 5. The summed E-state index contributed by atoms with van der Waals surface area (Å²) in [5.41, 5.74) is 5.46. The van der Waals surface area contributed by atoms with Gasteiger partial charge in [-0.2, -0.15) is 0 Å². The number of aromatic nitrogens is 2. The standard InChI is InChI=1S/C12H22N4OS2/c1-2-3-4-5-6-7-8-14-10(17)9-18-12-16-15-11(13)19-12/h2-9H2,1H3,(H2,13,15)(H,14,17). The topological polar surface area (TPSA) is 80.9 Å². The summed E-state index contributed by atoms with van der Waals surface area (Å²) in [7, 11) is 0. The molecule has 1 aromatic heterocycles. The predicted molar refractivity (Wildman–Crippen MR) is 81.4 cm³/mol. The van der Waals surface area contributed by atoms with Crippen LogP contribution in [0.4, 0.5) is 5.13 Å². The van der Waals surface area contributed by atoms with E-state index < -0.39 is 0 Å². The van der Waals surface area contributed by atoms with Gasteiger partial charge >= 0.3 is 0 Å². The number of nitrogens with zero attached hydrogens (tertiary/aromatic N) is 2. The Kier molecular flexibility index (Phi) is 8.57. The van der Waals surface area contributed by atoms with Gasteiger partial charge < -0.3 is 11.1 Å². The Morgan fingerprint density at radius 2 is 2.00 bits per heavy atom. The molecule has 0 aliphatic heterocycles. The summed E-state index contributed by atoms with van der Waals surface area (Å²) in [5.74, 6) is 0.428. The second-order valence-electron chi connectivity index (χ2n) is 4.31. The number of rotatable bonds is 10. The molecule has 0 radical (unpaired) electrons. The smallest absolute Gasteiger partial charge is 0.230 e. The number of carbonyl (C=O) groups is 1. The number of amides is 1. The summed E-state index contributed by atoms with van der Waals surface area (Å²) in [6, 6.07) is 0. The number of nitrogens with one attached hydrogen (secondary N) is 1. The predicted octanol–water partition coefficient (Wildman–Crippen LogP) is 2.69. The minimum absolute atomic E-state index is 0.0485. The van der Waals surface area contributed by atoms with Gasteiger partial charge in [-0.25, -0.2) is 0 Å². The van der Waals surface area contributed by atoms with E-state index in [1.54, 1.807) is 0 Å². The minimum atomic E-state index is 0.0485. The van der Waals surface area contributed by atoms with Crippen LogP contribution in [0, 0.1) is 0 Å². The van der Waals surface area contributed by atoms with Crippen molar-refractivity contribution in [2.75, 3.05) is 18.0 Å². The maximum atomic E-state index is 11.6. The van der Waals surface area contributed by atoms with E-state index in [4.69, 9.17) is 5.73 Å². The second-order valence-corrected chi connectivity index (χ2v) is 6.54. The highest BCUT2D eigenvalue weighted by Gasteiger charge is 2.06. The third kappa shape index (κ3) is 8.05. The van der Waals surface area contributed by atoms with Crippen LogP contribution in [0.5, 0.6) is 0 Å². The molecule has 3 N–H and O–H groups in total. The molecule has 0 atom stereocenters. The van der Waals surface area contributed by atoms with Crippen molar-refractivity contribution in [1.29, 1.82) is 0 Å². The summed E-state index contributed by atoms with van der Waals surface area (Å²) >= 11 is 2.68. The summed E-state index contributed by atoms with van der Waals surface area (Å²) in [5, 5.41) is 10.9. The Balaban J connectivity index is 1.96. The Hall–Kier alpha value is -0.820. The number of anilines is 1. The first-order chi connectivity index (χ1) is 9.22. The lowest BCUT2D eigenvalue weighted by Gasteiger charge is -2.04. The number of nitrogens with two attached hydrogens (primary N) is 1. The number of nitrogen functional groups attached to an aromatic ring is 1. The van der Waals surface area contributed by atoms with Crippen molar-refractivity contribution in [3.05, 3.63) is 0 Å². The van der Waals surface area contributed by atoms with Crippen molar-refractivity contribution in [1.82, 2.24) is 15.5 Å². The van der Waals surface area contributed by atoms with Crippen LogP contribution >= 0.6 is 23.1 Å². The van der Waals surface area contributed by atoms with Crippen LogP contribution in [-0.4, -0.2) is 28.4 Å². The molecular weight excluding hydrogens is 280 g/mol. The lowest BCUT2D eigenvalue weighted by atomic mass is 10.1. The fourth-order valence-electron chi connectivity index (χ4n) is 1.59. The van der Waals surface area contributed by atoms with Crippen molar-refractivity contribution >= 4 is 34.1 Å². The number of thioether (sulfide) groups is 1. The molecule has 108 valence electrons. The average molecular weight is 302 g/mol. The zero-order valence-electron chi connectivity index (χ0n) is 11.4. The molecule has 0 aromatic carbocycles. The molecular formula is C12H22N4OS2. The van der Waals surface area contributed by atoms with Crippen LogP contribution in [0.1, 0.15) is 45.4 Å². The van der Waals surface area contributed by atoms with Crippen LogP contribution in [0.15, 0.2) is 4.34 Å². The highest BCUT2D eigenvalue weighted by atomic mass is 32.2. The van der Waals surface area contributed by atoms with Gasteiger partial charge in [0.25, 0.3) is 0 Å². The first-order valence-corrected chi connectivity index (χ1v) is 8.51. The molecule has 1 aromatic rings. The number of hydrogen-bond acceptors (Lipinski definition) is 6. The Labute approximate surface area is 122 Å². The SMILES string of the molecule is CCCCCCCCNC(=O)CSc1nnc(N)s1. The van der Waals surface area contributed by atoms with Crippen LogP contribution in [-0.2, 0) is 4.79 Å². The van der Waals surface area contributed by atoms with Crippen molar-refractivity contribution in [3.8, 4) is 0 Å². The third-order valence-electron chi connectivity index (χ3n) is 2.60. The van der Waals surface area contributed by atoms with Crippen molar-refractivity contribution in [3.63, 3.8) is 0 Å². The van der Waals surface area contributed by atoms with E-state index >= 15 is 0 Å². The number of hydrogen-bond donors (Lipinski definition) is 2. The molecule has 1 rings (SSSR count). The van der Waals surface area contributed by atoms with E-state index in [2.05, 4.69) is 22.4 Å². The summed E-state index contributed by atoms with van der Waals surface area (Å²) in [6.45, 7) is 2.98. The summed E-state index contributed by atoms with van der Waals surface area (Å²) in [4.78, 5) is 11.6. The van der Waals surface area contributed by atoms with Crippen LogP contribution in [0.2, 0.25) is 0 Å². The maximum Gasteiger partial charge on any atom is 0.230 e. The molecule has 0 fully saturated rings. The molecule has 0 aliphatic carbocycles. The van der Waals surface area contributed by atoms with Crippen molar-refractivity contribution in [2.24, 2.45) is 0 Å². The van der Waals surface area contributed by atoms with E-state index in [1.165, 1.54) is 55.2 Å². The van der Waals surface area contributed by atoms with Gasteiger partial charge in [-0.15, -0.1) is 10.2 Å². The fraction of sp³-hybridized carbons (Fsp3) is 0.750. The first-order valence-electron chi connectivity index (χ1n) is 6.71. The van der Waals surface area contributed by atoms with Crippen LogP contribution < -0.4 is 11.1 Å². The highest BCUT2D eigenvalue weighted by Crippen LogP contribution is 2.22. The molecule has 0 spiro atoms. The number of carbonyl (C=O) groups excluding carboxylic acids is 1. The quantitative estimate of drug-likeness (QED) is 0.513. The second kappa shape index (κ2) is 10.0. The molecule has 0 bridgehead atoms. The van der Waals surface area contributed by atoms with Gasteiger partial charge in [0.15, 0.2) is 4.34 Å². The molecule has 1 amide bonds. The van der Waals surface area contributed by atoms with Gasteiger partial charge in [0.2, 0.25) is 11.0 Å². The summed E-state index contributed by atoms with van der Waals surface area (Å²) < 4.78 is 0.743. The molecule has 7 heteroatoms. The molecule has 0 unspecified atom stereocenters. The van der Waals surface area contributed by atoms with Gasteiger partial charge in [-0.05, 0) is 6.42 Å². The lowest BCUT2D eigenvalue weighted by molar-refractivity contribution is -0.118. The zero-order valence-corrected chi connectivity index (χ0v) is 13.0. The molecule has 0 saturated heterocycles. The highest BCUT2D eigenvalue weighted by molar-refractivity contribution is 8.01. The fourth-order valence-corrected chi connectivity index (χ4v) is 3.06. The maximum absolute atomic E-state index is 11.6. The largest absolute Gasteiger partial charge is 0.374 e. The third-order valence-corrected chi connectivity index (χ3v) is 4.49. The minimum Gasteiger partial charge on any atom is -0.374 e. The van der Waals surface area contributed by atoms with Gasteiger partial charge in [-0.3, -0.25) is 4.79 Å². The molecule has 19 heavy (non-hydrogen) atoms. The van der Waals surface area contributed by atoms with E-state index in [0.717, 1.165) is 17.3 Å². The average Bonchev–Trinajstić information content (AvgIpc) is 2.81. The van der Waals surface area contributed by atoms with E-state index in [-0.39, 0.29) is 5.91 Å². The van der Waals surface area contributed by atoms with Crippen molar-refractivity contribution < 1.29 is 4.79 Å². The van der Waals surface area contributed by atoms with E-state index in [0.29, 0.717) is 10.9 Å². The van der Waals surface area contributed by atoms with Gasteiger partial charge in [0.05, 0.1) is 5.75 Å². The van der Waals surface area contributed by atoms with Gasteiger partial charge in [0.1, 0.15) is 0 Å². The molecule has 1 heterocycles. The Bertz CT molecular complexity index is 370. The van der Waals surface area contributed by atoms with Crippen LogP contribution in [0.3, 0.4) is 0 Å². The van der Waals surface area contributed by atoms with Gasteiger partial charge in [-0.1, -0.05) is 62.1 Å². The lowest BCUT2D eigenvalue weighted by Crippen LogP contribution is -2.26. The monoisotopic (exact) mass is 302 g/mol. The van der Waals surface area contributed by atoms with E-state index in [9.17, 15) is 4.79 Å². The molecule has 5 nitrogen and oxygen atoms in total. The molecule has 0 saturated carbocycles. The van der Waals surface area contributed by atoms with Gasteiger partial charge in [0, 0.05) is 6.54 Å². The normalized spacial score (nSPS) is 10.6. The zero-order chi connectivity index (χ0) is 13.9. The van der Waals surface area contributed by atoms with E-state index in [1.807, 2.05) is 0 Å². The first kappa shape index (κ1) is 16.2. The Morgan fingerprint density at radius 1 is 1.26 bits per heavy atom. The molecule has 0 aliphatic rings. The summed E-state index contributed by atoms with van der Waals surface area (Å²) in [6.07, 6.45) is 7.41. The van der Waals surface area contributed by atoms with Crippen LogP contribution in [0.25, 0.3) is 0 Å².